The lowest BCUT2D eigenvalue weighted by molar-refractivity contribution is -0.127. The molecule has 3 heteroatoms. The highest BCUT2D eigenvalue weighted by Gasteiger charge is 2.68. The first-order valence-corrected chi connectivity index (χ1v) is 5.67. The Hall–Kier alpha value is 0.250. The van der Waals surface area contributed by atoms with Crippen LogP contribution in [0, 0.1) is 16.7 Å². The average molecular weight is 221 g/mol. The number of rotatable bonds is 1. The van der Waals surface area contributed by atoms with Gasteiger partial charge in [-0.3, -0.25) is 4.79 Å². The minimum Gasteiger partial charge on any atom is -0.299 e. The first-order chi connectivity index (χ1) is 5.96. The molecule has 0 aliphatic heterocycles. The zero-order valence-corrected chi connectivity index (χ0v) is 9.45. The van der Waals surface area contributed by atoms with Gasteiger partial charge < -0.3 is 0 Å². The van der Waals surface area contributed by atoms with Crippen LogP contribution in [0.2, 0.25) is 0 Å². The molecule has 2 bridgehead atoms. The van der Waals surface area contributed by atoms with E-state index in [1.807, 2.05) is 0 Å². The zero-order chi connectivity index (χ0) is 9.85. The fraction of sp³-hybridized carbons (Fsp3) is 0.900. The average Bonchev–Trinajstić information content (AvgIpc) is 2.31. The molecule has 1 nitrogen and oxygen atoms in total. The highest BCUT2D eigenvalue weighted by atomic mass is 35.5. The summed E-state index contributed by atoms with van der Waals surface area (Å²) in [6.45, 7) is 4.26. The summed E-state index contributed by atoms with van der Waals surface area (Å²) in [4.78, 5) is 11.8. The number of hydrogen-bond acceptors (Lipinski definition) is 1. The molecule has 3 atom stereocenters. The Morgan fingerprint density at radius 1 is 1.54 bits per heavy atom. The van der Waals surface area contributed by atoms with E-state index in [1.165, 1.54) is 0 Å². The van der Waals surface area contributed by atoms with Crippen molar-refractivity contribution < 1.29 is 4.79 Å². The number of Topliss-reactive ketones (excluding diaryl/α,β-unsaturated/α-hetero) is 1. The molecule has 2 rings (SSSR count). The van der Waals surface area contributed by atoms with Crippen molar-refractivity contribution in [2.24, 2.45) is 16.7 Å². The normalized spacial score (nSPS) is 47.2. The predicted molar refractivity (Wildman–Crippen MR) is 54.3 cm³/mol. The molecule has 0 aromatic heterocycles. The van der Waals surface area contributed by atoms with Crippen molar-refractivity contribution >= 4 is 29.0 Å². The highest BCUT2D eigenvalue weighted by molar-refractivity contribution is 6.27. The van der Waals surface area contributed by atoms with Crippen LogP contribution in [0.4, 0.5) is 0 Å². The predicted octanol–water partition coefficient (Wildman–Crippen LogP) is 2.84. The minimum atomic E-state index is -0.444. The van der Waals surface area contributed by atoms with Gasteiger partial charge in [0.15, 0.2) is 0 Å². The molecule has 0 saturated heterocycles. The summed E-state index contributed by atoms with van der Waals surface area (Å²) in [5, 5.41) is -0.0498. The molecule has 0 amide bonds. The SMILES string of the molecule is CC1(C)C2CC(=O)C1(CCl)C(Cl)C2. The van der Waals surface area contributed by atoms with Gasteiger partial charge in [0.1, 0.15) is 5.78 Å². The summed E-state index contributed by atoms with van der Waals surface area (Å²) >= 11 is 12.2. The van der Waals surface area contributed by atoms with E-state index in [9.17, 15) is 4.79 Å². The maximum atomic E-state index is 11.8. The standard InChI is InChI=1S/C10H14Cl2O/c1-9(2)6-3-7(12)10(9,5-11)8(13)4-6/h6-7H,3-5H2,1-2H3. The molecule has 0 N–H and O–H groups in total. The second-order valence-corrected chi connectivity index (χ2v) is 5.65. The van der Waals surface area contributed by atoms with Crippen molar-refractivity contribution in [3.63, 3.8) is 0 Å². The van der Waals surface area contributed by atoms with Gasteiger partial charge in [0, 0.05) is 17.7 Å². The Morgan fingerprint density at radius 3 is 2.46 bits per heavy atom. The summed E-state index contributed by atoms with van der Waals surface area (Å²) < 4.78 is 0. The molecule has 0 aromatic rings. The quantitative estimate of drug-likeness (QED) is 0.622. The molecule has 0 aromatic carbocycles. The van der Waals surface area contributed by atoms with Crippen molar-refractivity contribution in [3.05, 3.63) is 0 Å². The molecule has 2 fully saturated rings. The molecular weight excluding hydrogens is 207 g/mol. The molecule has 2 aliphatic rings. The Bertz CT molecular complexity index is 262. The van der Waals surface area contributed by atoms with Gasteiger partial charge in [-0.05, 0) is 17.8 Å². The van der Waals surface area contributed by atoms with Crippen LogP contribution >= 0.6 is 23.2 Å². The van der Waals surface area contributed by atoms with Gasteiger partial charge in [-0.15, -0.1) is 23.2 Å². The molecular formula is C10H14Cl2O. The van der Waals surface area contributed by atoms with Gasteiger partial charge in [-0.1, -0.05) is 13.8 Å². The minimum absolute atomic E-state index is 0.00174. The molecule has 0 radical (unpaired) electrons. The van der Waals surface area contributed by atoms with Gasteiger partial charge in [0.25, 0.3) is 0 Å². The second kappa shape index (κ2) is 2.64. The van der Waals surface area contributed by atoms with Crippen LogP contribution in [0.1, 0.15) is 26.7 Å². The monoisotopic (exact) mass is 220 g/mol. The zero-order valence-electron chi connectivity index (χ0n) is 7.94. The fourth-order valence-electron chi connectivity index (χ4n) is 3.12. The lowest BCUT2D eigenvalue weighted by Crippen LogP contribution is -2.44. The van der Waals surface area contributed by atoms with Crippen molar-refractivity contribution in [2.45, 2.75) is 32.1 Å². The van der Waals surface area contributed by atoms with Gasteiger partial charge in [0.05, 0.1) is 5.41 Å². The topological polar surface area (TPSA) is 17.1 Å². The van der Waals surface area contributed by atoms with E-state index in [2.05, 4.69) is 13.8 Å². The Balaban J connectivity index is 2.51. The number of ketones is 1. The lowest BCUT2D eigenvalue weighted by Gasteiger charge is -2.36. The van der Waals surface area contributed by atoms with Crippen LogP contribution in [0.3, 0.4) is 0 Å². The number of halogens is 2. The summed E-state index contributed by atoms with van der Waals surface area (Å²) in [7, 11) is 0. The van der Waals surface area contributed by atoms with Crippen LogP contribution in [0.25, 0.3) is 0 Å². The van der Waals surface area contributed by atoms with Crippen molar-refractivity contribution in [2.75, 3.05) is 5.88 Å². The number of hydrogen-bond donors (Lipinski definition) is 0. The summed E-state index contributed by atoms with van der Waals surface area (Å²) in [6.07, 6.45) is 1.63. The van der Waals surface area contributed by atoms with E-state index in [4.69, 9.17) is 23.2 Å². The molecule has 2 aliphatic carbocycles. The van der Waals surface area contributed by atoms with E-state index in [-0.39, 0.29) is 16.6 Å². The van der Waals surface area contributed by atoms with Gasteiger partial charge in [0.2, 0.25) is 0 Å². The van der Waals surface area contributed by atoms with Crippen LogP contribution < -0.4 is 0 Å². The molecule has 3 unspecified atom stereocenters. The molecule has 13 heavy (non-hydrogen) atoms. The summed E-state index contributed by atoms with van der Waals surface area (Å²) in [5.41, 5.74) is -0.445. The third-order valence-corrected chi connectivity index (χ3v) is 5.31. The van der Waals surface area contributed by atoms with Crippen LogP contribution in [-0.4, -0.2) is 17.0 Å². The summed E-state index contributed by atoms with van der Waals surface area (Å²) in [6, 6.07) is 0. The molecule has 74 valence electrons. The third-order valence-electron chi connectivity index (χ3n) is 4.34. The number of carbonyl (C=O) groups is 1. The smallest absolute Gasteiger partial charge is 0.142 e. The van der Waals surface area contributed by atoms with E-state index >= 15 is 0 Å². The largest absolute Gasteiger partial charge is 0.299 e. The first kappa shape index (κ1) is 9.79. The molecule has 2 saturated carbocycles. The van der Waals surface area contributed by atoms with Crippen LogP contribution in [0.5, 0.6) is 0 Å². The number of fused-ring (bicyclic) bond motifs is 2. The van der Waals surface area contributed by atoms with Gasteiger partial charge in [-0.25, -0.2) is 0 Å². The van der Waals surface area contributed by atoms with E-state index in [0.29, 0.717) is 18.2 Å². The second-order valence-electron chi connectivity index (χ2n) is 4.85. The first-order valence-electron chi connectivity index (χ1n) is 4.70. The third kappa shape index (κ3) is 0.880. The Labute approximate surface area is 88.8 Å². The van der Waals surface area contributed by atoms with Crippen molar-refractivity contribution in [1.82, 2.24) is 0 Å². The summed E-state index contributed by atoms with van der Waals surface area (Å²) in [5.74, 6) is 1.11. The van der Waals surface area contributed by atoms with E-state index in [1.54, 1.807) is 0 Å². The molecule has 0 spiro atoms. The van der Waals surface area contributed by atoms with Gasteiger partial charge >= 0.3 is 0 Å². The Kier molecular flexibility index (Phi) is 1.99. The molecule has 0 heterocycles. The maximum absolute atomic E-state index is 11.8. The van der Waals surface area contributed by atoms with E-state index in [0.717, 1.165) is 6.42 Å². The van der Waals surface area contributed by atoms with Crippen molar-refractivity contribution in [1.29, 1.82) is 0 Å². The van der Waals surface area contributed by atoms with E-state index < -0.39 is 5.41 Å². The fourth-order valence-corrected chi connectivity index (χ4v) is 4.58. The number of carbonyl (C=O) groups excluding carboxylic acids is 1. The highest BCUT2D eigenvalue weighted by Crippen LogP contribution is 2.65. The maximum Gasteiger partial charge on any atom is 0.142 e. The van der Waals surface area contributed by atoms with Crippen LogP contribution in [-0.2, 0) is 4.79 Å². The van der Waals surface area contributed by atoms with Crippen molar-refractivity contribution in [3.8, 4) is 0 Å². The van der Waals surface area contributed by atoms with Crippen LogP contribution in [0.15, 0.2) is 0 Å². The lowest BCUT2D eigenvalue weighted by atomic mass is 9.70. The Morgan fingerprint density at radius 2 is 2.15 bits per heavy atom. The van der Waals surface area contributed by atoms with Gasteiger partial charge in [-0.2, -0.15) is 0 Å². The number of alkyl halides is 2.